The zero-order valence-corrected chi connectivity index (χ0v) is 11.5. The predicted molar refractivity (Wildman–Crippen MR) is 72.2 cm³/mol. The molecule has 1 aromatic rings. The van der Waals surface area contributed by atoms with Gasteiger partial charge in [0.05, 0.1) is 25.1 Å². The molecule has 1 saturated heterocycles. The number of nitrogens with one attached hydrogen (secondary N) is 2. The number of aromatic nitrogens is 1. The van der Waals surface area contributed by atoms with E-state index in [4.69, 9.17) is 4.74 Å². The van der Waals surface area contributed by atoms with Crippen molar-refractivity contribution in [2.45, 2.75) is 25.4 Å². The Labute approximate surface area is 110 Å². The number of halogens is 1. The zero-order chi connectivity index (χ0) is 12.1. The van der Waals surface area contributed by atoms with Gasteiger partial charge in [-0.05, 0) is 41.4 Å². The van der Waals surface area contributed by atoms with Crippen molar-refractivity contribution >= 4 is 21.6 Å². The molecule has 0 bridgehead atoms. The summed E-state index contributed by atoms with van der Waals surface area (Å²) in [5.74, 6) is 0. The van der Waals surface area contributed by atoms with E-state index in [1.54, 1.807) is 0 Å². The number of anilines is 1. The zero-order valence-electron chi connectivity index (χ0n) is 9.95. The van der Waals surface area contributed by atoms with E-state index >= 15 is 0 Å². The fourth-order valence-electron chi connectivity index (χ4n) is 2.00. The Bertz CT molecular complexity index is 338. The van der Waals surface area contributed by atoms with Gasteiger partial charge in [0.25, 0.3) is 0 Å². The molecule has 5 heteroatoms. The van der Waals surface area contributed by atoms with Crippen molar-refractivity contribution in [1.29, 1.82) is 0 Å². The molecule has 0 aliphatic carbocycles. The van der Waals surface area contributed by atoms with Gasteiger partial charge >= 0.3 is 0 Å². The summed E-state index contributed by atoms with van der Waals surface area (Å²) in [5, 5.41) is 6.89. The van der Waals surface area contributed by atoms with Crippen LogP contribution in [0.1, 0.15) is 13.3 Å². The van der Waals surface area contributed by atoms with Crippen molar-refractivity contribution in [2.75, 3.05) is 25.1 Å². The molecule has 1 aliphatic heterocycles. The van der Waals surface area contributed by atoms with Gasteiger partial charge in [-0.15, -0.1) is 0 Å². The van der Waals surface area contributed by atoms with Crippen molar-refractivity contribution in [3.8, 4) is 0 Å². The van der Waals surface area contributed by atoms with E-state index in [1.807, 2.05) is 18.3 Å². The van der Waals surface area contributed by atoms with E-state index in [0.29, 0.717) is 12.1 Å². The third-order valence-electron chi connectivity index (χ3n) is 2.78. The van der Waals surface area contributed by atoms with Gasteiger partial charge in [0.1, 0.15) is 4.60 Å². The molecular weight excluding hydrogens is 282 g/mol. The molecule has 1 fully saturated rings. The molecule has 2 atom stereocenters. The smallest absolute Gasteiger partial charge is 0.106 e. The van der Waals surface area contributed by atoms with Crippen molar-refractivity contribution in [3.63, 3.8) is 0 Å². The number of hydrogen-bond donors (Lipinski definition) is 2. The summed E-state index contributed by atoms with van der Waals surface area (Å²) >= 11 is 3.33. The highest BCUT2D eigenvalue weighted by atomic mass is 79.9. The van der Waals surface area contributed by atoms with Gasteiger partial charge in [0.2, 0.25) is 0 Å². The lowest BCUT2D eigenvalue weighted by Crippen LogP contribution is -2.43. The maximum absolute atomic E-state index is 5.44. The summed E-state index contributed by atoms with van der Waals surface area (Å²) in [4.78, 5) is 4.19. The van der Waals surface area contributed by atoms with Gasteiger partial charge in [-0.1, -0.05) is 0 Å². The number of morpholine rings is 1. The topological polar surface area (TPSA) is 46.2 Å². The molecule has 1 aliphatic rings. The molecule has 0 amide bonds. The molecule has 0 aromatic carbocycles. The maximum Gasteiger partial charge on any atom is 0.106 e. The van der Waals surface area contributed by atoms with E-state index in [-0.39, 0.29) is 0 Å². The summed E-state index contributed by atoms with van der Waals surface area (Å²) in [6.45, 7) is 4.77. The summed E-state index contributed by atoms with van der Waals surface area (Å²) in [7, 11) is 0. The van der Waals surface area contributed by atoms with Crippen LogP contribution in [0.4, 0.5) is 5.69 Å². The van der Waals surface area contributed by atoms with Gasteiger partial charge in [-0.3, -0.25) is 0 Å². The van der Waals surface area contributed by atoms with E-state index in [2.05, 4.69) is 38.5 Å². The van der Waals surface area contributed by atoms with Gasteiger partial charge < -0.3 is 15.4 Å². The number of rotatable bonds is 4. The van der Waals surface area contributed by atoms with Crippen LogP contribution in [0.5, 0.6) is 0 Å². The van der Waals surface area contributed by atoms with Crippen LogP contribution in [0.3, 0.4) is 0 Å². The monoisotopic (exact) mass is 299 g/mol. The third-order valence-corrected chi connectivity index (χ3v) is 3.25. The van der Waals surface area contributed by atoms with Crippen LogP contribution in [0.15, 0.2) is 22.9 Å². The molecule has 17 heavy (non-hydrogen) atoms. The normalized spacial score (nSPS) is 22.1. The highest BCUT2D eigenvalue weighted by Crippen LogP contribution is 2.13. The first kappa shape index (κ1) is 12.8. The summed E-state index contributed by atoms with van der Waals surface area (Å²) in [6, 6.07) is 4.82. The summed E-state index contributed by atoms with van der Waals surface area (Å²) < 4.78 is 6.30. The Morgan fingerprint density at radius 1 is 1.65 bits per heavy atom. The number of pyridine rings is 1. The molecule has 0 saturated carbocycles. The van der Waals surface area contributed by atoms with Crippen molar-refractivity contribution in [3.05, 3.63) is 22.9 Å². The number of nitrogens with zero attached hydrogens (tertiary/aromatic N) is 1. The maximum atomic E-state index is 5.44. The van der Waals surface area contributed by atoms with Crippen molar-refractivity contribution in [1.82, 2.24) is 10.3 Å². The highest BCUT2D eigenvalue weighted by Gasteiger charge is 2.16. The molecule has 2 N–H and O–H groups in total. The molecule has 2 heterocycles. The van der Waals surface area contributed by atoms with Gasteiger partial charge in [-0.25, -0.2) is 4.98 Å². The van der Waals surface area contributed by atoms with E-state index in [0.717, 1.165) is 36.5 Å². The van der Waals surface area contributed by atoms with Crippen molar-refractivity contribution in [2.24, 2.45) is 0 Å². The molecule has 1 aromatic heterocycles. The summed E-state index contributed by atoms with van der Waals surface area (Å²) in [6.07, 6.45) is 2.89. The quantitative estimate of drug-likeness (QED) is 0.835. The first-order chi connectivity index (χ1) is 8.24. The molecule has 2 unspecified atom stereocenters. The largest absolute Gasteiger partial charge is 0.381 e. The van der Waals surface area contributed by atoms with Crippen LogP contribution in [0.25, 0.3) is 0 Å². The minimum atomic E-state index is 0.400. The van der Waals surface area contributed by atoms with Gasteiger partial charge in [0, 0.05) is 18.6 Å². The second kappa shape index (κ2) is 6.33. The molecule has 4 nitrogen and oxygen atoms in total. The Hall–Kier alpha value is -0.650. The first-order valence-corrected chi connectivity index (χ1v) is 6.72. The van der Waals surface area contributed by atoms with Crippen LogP contribution < -0.4 is 10.6 Å². The van der Waals surface area contributed by atoms with Crippen molar-refractivity contribution < 1.29 is 4.74 Å². The average Bonchev–Trinajstić information content (AvgIpc) is 2.33. The minimum absolute atomic E-state index is 0.400. The van der Waals surface area contributed by atoms with Gasteiger partial charge in [-0.2, -0.15) is 0 Å². The number of hydrogen-bond acceptors (Lipinski definition) is 4. The third kappa shape index (κ3) is 4.26. The lowest BCUT2D eigenvalue weighted by molar-refractivity contribution is 0.0731. The van der Waals surface area contributed by atoms with Crippen LogP contribution in [-0.2, 0) is 4.74 Å². The van der Waals surface area contributed by atoms with Gasteiger partial charge in [0.15, 0.2) is 0 Å². The number of ether oxygens (including phenoxy) is 1. The Balaban J connectivity index is 1.79. The lowest BCUT2D eigenvalue weighted by Gasteiger charge is -2.27. The fraction of sp³-hybridized carbons (Fsp3) is 0.583. The van der Waals surface area contributed by atoms with E-state index in [9.17, 15) is 0 Å². The molecule has 2 rings (SSSR count). The average molecular weight is 300 g/mol. The van der Waals surface area contributed by atoms with Crippen LogP contribution in [0, 0.1) is 0 Å². The SMILES string of the molecule is CC(CC1COCCN1)Nc1ccc(Br)nc1. The lowest BCUT2D eigenvalue weighted by atomic mass is 10.1. The van der Waals surface area contributed by atoms with E-state index in [1.165, 1.54) is 0 Å². The Kier molecular flexibility index (Phi) is 4.76. The second-order valence-electron chi connectivity index (χ2n) is 4.38. The molecule has 0 spiro atoms. The van der Waals surface area contributed by atoms with Crippen LogP contribution >= 0.6 is 15.9 Å². The van der Waals surface area contributed by atoms with E-state index < -0.39 is 0 Å². The minimum Gasteiger partial charge on any atom is -0.381 e. The Morgan fingerprint density at radius 2 is 2.53 bits per heavy atom. The van der Waals surface area contributed by atoms with Crippen LogP contribution in [-0.4, -0.2) is 36.8 Å². The Morgan fingerprint density at radius 3 is 3.18 bits per heavy atom. The molecule has 94 valence electrons. The van der Waals surface area contributed by atoms with Crippen LogP contribution in [0.2, 0.25) is 0 Å². The summed E-state index contributed by atoms with van der Waals surface area (Å²) in [5.41, 5.74) is 1.05. The predicted octanol–water partition coefficient (Wildman–Crippen LogP) is 2.02. The highest BCUT2D eigenvalue weighted by molar-refractivity contribution is 9.10. The molecule has 0 radical (unpaired) electrons. The standard InChI is InChI=1S/C12H18BrN3O/c1-9(6-11-8-17-5-4-14-11)16-10-2-3-12(13)15-7-10/h2-3,7,9,11,14,16H,4-6,8H2,1H3. The first-order valence-electron chi connectivity index (χ1n) is 5.93. The second-order valence-corrected chi connectivity index (χ2v) is 5.19. The fourth-order valence-corrected chi connectivity index (χ4v) is 2.24. The molecular formula is C12H18BrN3O.